The summed E-state index contributed by atoms with van der Waals surface area (Å²) < 4.78 is 10.8. The van der Waals surface area contributed by atoms with Gasteiger partial charge >= 0.3 is 12.0 Å². The summed E-state index contributed by atoms with van der Waals surface area (Å²) in [5, 5.41) is 3.54. The van der Waals surface area contributed by atoms with Gasteiger partial charge in [-0.3, -0.25) is 15.1 Å². The number of carbonyl (C=O) groups excluding carboxylic acids is 2. The van der Waals surface area contributed by atoms with Gasteiger partial charge in [0.25, 0.3) is 0 Å². The first kappa shape index (κ1) is 25.7. The van der Waals surface area contributed by atoms with Crippen molar-refractivity contribution in [3.63, 3.8) is 0 Å². The van der Waals surface area contributed by atoms with E-state index in [9.17, 15) is 9.59 Å². The van der Waals surface area contributed by atoms with E-state index in [1.54, 1.807) is 10.2 Å². The Bertz CT molecular complexity index is 1250. The summed E-state index contributed by atoms with van der Waals surface area (Å²) in [6, 6.07) is 13.1. The molecule has 3 N–H and O–H groups in total. The van der Waals surface area contributed by atoms with Gasteiger partial charge in [-0.05, 0) is 54.8 Å². The summed E-state index contributed by atoms with van der Waals surface area (Å²) in [7, 11) is 0. The van der Waals surface area contributed by atoms with Crippen LogP contribution in [0.15, 0.2) is 42.5 Å². The number of hydrogen-bond donors (Lipinski definition) is 2. The molecule has 0 aliphatic carbocycles. The number of nitrogens with one attached hydrogen (secondary N) is 1. The van der Waals surface area contributed by atoms with Crippen LogP contribution in [0.4, 0.5) is 4.79 Å². The SMILES string of the molecule is CCOC(=O)N1CCc2c([nH]c3ccc(Cl)cc23)C1c1ccc(C(=O)[NH2+]CCCN2CCOCC2)cc1. The molecule has 3 aromatic rings. The van der Waals surface area contributed by atoms with Crippen LogP contribution in [0, 0.1) is 0 Å². The van der Waals surface area contributed by atoms with Crippen LogP contribution in [0.3, 0.4) is 0 Å². The van der Waals surface area contributed by atoms with Gasteiger partial charge in [-0.15, -0.1) is 0 Å². The van der Waals surface area contributed by atoms with Crippen molar-refractivity contribution in [2.24, 2.45) is 0 Å². The maximum absolute atomic E-state index is 12.9. The minimum atomic E-state index is -0.344. The van der Waals surface area contributed by atoms with Crippen molar-refractivity contribution in [3.05, 3.63) is 69.9 Å². The lowest BCUT2D eigenvalue weighted by Gasteiger charge is -2.35. The molecule has 1 aromatic heterocycles. The average Bonchev–Trinajstić information content (AvgIpc) is 3.29. The van der Waals surface area contributed by atoms with E-state index in [2.05, 4.69) is 9.88 Å². The van der Waals surface area contributed by atoms with Crippen LogP contribution in [0.1, 0.15) is 46.6 Å². The molecule has 2 aliphatic rings. The first-order valence-electron chi connectivity index (χ1n) is 13.1. The summed E-state index contributed by atoms with van der Waals surface area (Å²) in [6.45, 7) is 7.89. The molecule has 2 aromatic carbocycles. The zero-order valence-electron chi connectivity index (χ0n) is 21.2. The highest BCUT2D eigenvalue weighted by atomic mass is 35.5. The van der Waals surface area contributed by atoms with Crippen LogP contribution in [0.2, 0.25) is 5.02 Å². The number of aromatic amines is 1. The van der Waals surface area contributed by atoms with Gasteiger partial charge in [0.2, 0.25) is 0 Å². The molecular formula is C28H34ClN4O4+. The predicted molar refractivity (Wildman–Crippen MR) is 142 cm³/mol. The fourth-order valence-electron chi connectivity index (χ4n) is 5.33. The van der Waals surface area contributed by atoms with Crippen molar-refractivity contribution in [3.8, 4) is 0 Å². The highest BCUT2D eigenvalue weighted by Crippen LogP contribution is 2.39. The number of nitrogens with two attached hydrogens (primary N) is 1. The van der Waals surface area contributed by atoms with Crippen LogP contribution >= 0.6 is 11.6 Å². The van der Waals surface area contributed by atoms with Gasteiger partial charge in [0.05, 0.1) is 31.9 Å². The Labute approximate surface area is 221 Å². The Hall–Kier alpha value is -2.91. The van der Waals surface area contributed by atoms with Gasteiger partial charge < -0.3 is 14.5 Å². The second kappa shape index (κ2) is 11.6. The number of amides is 2. The summed E-state index contributed by atoms with van der Waals surface area (Å²) in [5.41, 5.74) is 4.69. The molecule has 2 amide bonds. The maximum Gasteiger partial charge on any atom is 0.410 e. The van der Waals surface area contributed by atoms with E-state index in [0.717, 1.165) is 73.5 Å². The number of aromatic nitrogens is 1. The number of morpholine rings is 1. The molecule has 1 fully saturated rings. The Kier molecular flexibility index (Phi) is 8.10. The third kappa shape index (κ3) is 5.67. The van der Waals surface area contributed by atoms with Crippen LogP contribution in [0.25, 0.3) is 10.9 Å². The van der Waals surface area contributed by atoms with Gasteiger partial charge in [0.15, 0.2) is 0 Å². The molecule has 3 heterocycles. The van der Waals surface area contributed by atoms with E-state index in [1.165, 1.54) is 0 Å². The summed E-state index contributed by atoms with van der Waals surface area (Å²) in [6.07, 6.45) is 1.32. The van der Waals surface area contributed by atoms with E-state index in [0.29, 0.717) is 30.2 Å². The Morgan fingerprint density at radius 2 is 1.92 bits per heavy atom. The van der Waals surface area contributed by atoms with E-state index < -0.39 is 0 Å². The van der Waals surface area contributed by atoms with Crippen molar-refractivity contribution in [1.29, 1.82) is 0 Å². The average molecular weight is 526 g/mol. The zero-order chi connectivity index (χ0) is 25.8. The fourth-order valence-corrected chi connectivity index (χ4v) is 5.50. The monoisotopic (exact) mass is 525 g/mol. The largest absolute Gasteiger partial charge is 0.450 e. The van der Waals surface area contributed by atoms with Gasteiger partial charge in [-0.25, -0.2) is 9.59 Å². The first-order valence-corrected chi connectivity index (χ1v) is 13.4. The quantitative estimate of drug-likeness (QED) is 0.462. The van der Waals surface area contributed by atoms with E-state index >= 15 is 0 Å². The molecule has 0 spiro atoms. The summed E-state index contributed by atoms with van der Waals surface area (Å²) in [4.78, 5) is 33.4. The van der Waals surface area contributed by atoms with Crippen LogP contribution in [-0.2, 0) is 15.9 Å². The molecule has 9 heteroatoms. The van der Waals surface area contributed by atoms with E-state index in [-0.39, 0.29) is 18.0 Å². The molecule has 0 saturated carbocycles. The van der Waals surface area contributed by atoms with Crippen molar-refractivity contribution in [1.82, 2.24) is 14.8 Å². The minimum absolute atomic E-state index is 0.0281. The van der Waals surface area contributed by atoms with Crippen molar-refractivity contribution in [2.45, 2.75) is 25.8 Å². The number of halogens is 1. The number of carbonyl (C=O) groups is 2. The molecule has 8 nitrogen and oxygen atoms in total. The minimum Gasteiger partial charge on any atom is -0.450 e. The molecular weight excluding hydrogens is 492 g/mol. The molecule has 37 heavy (non-hydrogen) atoms. The van der Waals surface area contributed by atoms with Crippen molar-refractivity contribution >= 4 is 34.5 Å². The van der Waals surface area contributed by atoms with E-state index in [4.69, 9.17) is 21.1 Å². The Morgan fingerprint density at radius 1 is 1.14 bits per heavy atom. The van der Waals surface area contributed by atoms with Gasteiger partial charge in [-0.2, -0.15) is 0 Å². The lowest BCUT2D eigenvalue weighted by atomic mass is 9.92. The smallest absolute Gasteiger partial charge is 0.410 e. The molecule has 2 aliphatic heterocycles. The molecule has 0 radical (unpaired) electrons. The van der Waals surface area contributed by atoms with Crippen LogP contribution in [0.5, 0.6) is 0 Å². The molecule has 5 rings (SSSR count). The van der Waals surface area contributed by atoms with Crippen molar-refractivity contribution < 1.29 is 24.4 Å². The third-order valence-electron chi connectivity index (χ3n) is 7.21. The number of benzene rings is 2. The second-order valence-corrected chi connectivity index (χ2v) is 9.98. The van der Waals surface area contributed by atoms with Crippen LogP contribution < -0.4 is 5.32 Å². The Morgan fingerprint density at radius 3 is 2.68 bits per heavy atom. The topological polar surface area (TPSA) is 91.5 Å². The van der Waals surface area contributed by atoms with Gasteiger partial charge in [-0.1, -0.05) is 23.7 Å². The number of rotatable bonds is 7. The number of primary amides is 1. The highest BCUT2D eigenvalue weighted by Gasteiger charge is 2.35. The number of quaternary nitrogens is 1. The molecule has 1 unspecified atom stereocenters. The fraction of sp³-hybridized carbons (Fsp3) is 0.429. The number of hydrogen-bond acceptors (Lipinski definition) is 5. The van der Waals surface area contributed by atoms with Crippen molar-refractivity contribution in [2.75, 3.05) is 52.5 Å². The van der Waals surface area contributed by atoms with Gasteiger partial charge in [0.1, 0.15) is 6.04 Å². The predicted octanol–water partition coefficient (Wildman–Crippen LogP) is 3.35. The molecule has 1 atom stereocenters. The molecule has 1 saturated heterocycles. The number of H-pyrrole nitrogens is 1. The normalized spacial score (nSPS) is 18.1. The molecule has 0 bridgehead atoms. The van der Waals surface area contributed by atoms with Crippen LogP contribution in [-0.4, -0.2) is 79.3 Å². The maximum atomic E-state index is 12.9. The van der Waals surface area contributed by atoms with Gasteiger partial charge in [0, 0.05) is 54.2 Å². The highest BCUT2D eigenvalue weighted by molar-refractivity contribution is 6.31. The summed E-state index contributed by atoms with van der Waals surface area (Å²) in [5.74, 6) is 0.0281. The third-order valence-corrected chi connectivity index (χ3v) is 7.45. The first-order chi connectivity index (χ1) is 18.0. The lowest BCUT2D eigenvalue weighted by Crippen LogP contribution is -2.88. The standard InChI is InChI=1S/C28H33ClN4O4/c1-2-37-28(35)33-13-10-22-23-18-21(29)8-9-24(23)31-25(22)26(33)19-4-6-20(7-5-19)27(34)30-11-3-12-32-14-16-36-17-15-32/h4-9,18,26,31H,2-3,10-17H2,1H3,(H,30,34)/p+1. The summed E-state index contributed by atoms with van der Waals surface area (Å²) >= 11 is 6.28. The lowest BCUT2D eigenvalue weighted by molar-refractivity contribution is -0.555. The number of nitrogens with zero attached hydrogens (tertiary/aromatic N) is 2. The zero-order valence-corrected chi connectivity index (χ0v) is 21.9. The second-order valence-electron chi connectivity index (χ2n) is 9.54. The van der Waals surface area contributed by atoms with E-state index in [1.807, 2.05) is 49.4 Å². The number of ether oxygens (including phenoxy) is 2. The molecule has 196 valence electrons. The number of fused-ring (bicyclic) bond motifs is 3. The Balaban J connectivity index is 1.32.